The molecular weight excluding hydrogens is 564 g/mol. The fourth-order valence-electron chi connectivity index (χ4n) is 4.88. The molecule has 0 bridgehead atoms. The van der Waals surface area contributed by atoms with Gasteiger partial charge in [-0.1, -0.05) is 37.5 Å². The van der Waals surface area contributed by atoms with Gasteiger partial charge in [-0.25, -0.2) is 9.78 Å². The lowest BCUT2D eigenvalue weighted by molar-refractivity contribution is -0.119. The van der Waals surface area contributed by atoms with E-state index in [1.807, 2.05) is 19.1 Å². The zero-order valence-corrected chi connectivity index (χ0v) is 25.9. The number of nitrogens with one attached hydrogen (secondary N) is 3. The van der Waals surface area contributed by atoms with Crippen LogP contribution in [-0.4, -0.2) is 60.5 Å². The van der Waals surface area contributed by atoms with Crippen LogP contribution in [0.15, 0.2) is 54.7 Å². The van der Waals surface area contributed by atoms with Gasteiger partial charge in [-0.3, -0.25) is 14.9 Å². The molecule has 0 spiro atoms. The van der Waals surface area contributed by atoms with Crippen LogP contribution in [-0.2, 0) is 4.79 Å². The summed E-state index contributed by atoms with van der Waals surface area (Å²) in [5, 5.41) is 9.38. The van der Waals surface area contributed by atoms with Gasteiger partial charge in [-0.15, -0.1) is 0 Å². The van der Waals surface area contributed by atoms with Gasteiger partial charge in [0.05, 0.1) is 6.20 Å². The highest BCUT2D eigenvalue weighted by Crippen LogP contribution is 2.31. The Balaban J connectivity index is 1.24. The standard InChI is InChI=1S/C32H42N6O4S/c1-3-5-7-19-33-31(41)35-25-12-16-27(17-13-25)42-29-23-34-32(43-29)36-30(40)24-10-14-26(15-11-24)38(4-2)28(39)18-22-37-20-8-6-9-21-37/h10-17,23H,3-9,18-22H2,1-2H3,(H2,33,35,41)(H,34,36,40). The van der Waals surface area contributed by atoms with Gasteiger partial charge in [0.15, 0.2) is 5.13 Å². The van der Waals surface area contributed by atoms with Crippen LogP contribution < -0.4 is 25.6 Å². The van der Waals surface area contributed by atoms with Crippen LogP contribution >= 0.6 is 11.3 Å². The molecule has 4 rings (SSSR count). The van der Waals surface area contributed by atoms with Crippen molar-refractivity contribution in [3.8, 4) is 10.8 Å². The molecule has 0 radical (unpaired) electrons. The summed E-state index contributed by atoms with van der Waals surface area (Å²) in [5.74, 6) is 0.377. The number of benzene rings is 2. The average molecular weight is 607 g/mol. The number of piperidine rings is 1. The van der Waals surface area contributed by atoms with E-state index in [9.17, 15) is 14.4 Å². The number of urea groups is 1. The van der Waals surface area contributed by atoms with Crippen molar-refractivity contribution in [3.63, 3.8) is 0 Å². The number of nitrogens with zero attached hydrogens (tertiary/aromatic N) is 3. The van der Waals surface area contributed by atoms with Gasteiger partial charge in [0.2, 0.25) is 11.0 Å². The first-order chi connectivity index (χ1) is 20.9. The van der Waals surface area contributed by atoms with Crippen molar-refractivity contribution < 1.29 is 19.1 Å². The summed E-state index contributed by atoms with van der Waals surface area (Å²) in [6.07, 6.45) is 8.87. The number of anilines is 3. The lowest BCUT2D eigenvalue weighted by atomic mass is 10.1. The van der Waals surface area contributed by atoms with Crippen molar-refractivity contribution in [1.82, 2.24) is 15.2 Å². The molecule has 1 saturated heterocycles. The predicted octanol–water partition coefficient (Wildman–Crippen LogP) is 6.73. The number of aromatic nitrogens is 1. The second-order valence-electron chi connectivity index (χ2n) is 10.5. The van der Waals surface area contributed by atoms with Gasteiger partial charge in [0.1, 0.15) is 5.75 Å². The van der Waals surface area contributed by atoms with Crippen LogP contribution in [0.1, 0.15) is 69.2 Å². The molecule has 0 saturated carbocycles. The number of carbonyl (C=O) groups is 3. The zero-order valence-electron chi connectivity index (χ0n) is 25.1. The van der Waals surface area contributed by atoms with Crippen LogP contribution in [0.25, 0.3) is 0 Å². The van der Waals surface area contributed by atoms with Gasteiger partial charge in [-0.05, 0) is 87.8 Å². The number of amides is 4. The second-order valence-corrected chi connectivity index (χ2v) is 11.5. The molecule has 1 aliphatic rings. The van der Waals surface area contributed by atoms with E-state index in [1.165, 1.54) is 30.6 Å². The van der Waals surface area contributed by atoms with E-state index in [1.54, 1.807) is 47.5 Å². The molecule has 2 heterocycles. The van der Waals surface area contributed by atoms with Gasteiger partial charge < -0.3 is 25.2 Å². The maximum atomic E-state index is 12.9. The Bertz CT molecular complexity index is 1320. The number of hydrogen-bond acceptors (Lipinski definition) is 7. The summed E-state index contributed by atoms with van der Waals surface area (Å²) < 4.78 is 5.87. The Morgan fingerprint density at radius 2 is 1.70 bits per heavy atom. The maximum absolute atomic E-state index is 12.9. The zero-order chi connectivity index (χ0) is 30.4. The average Bonchev–Trinajstić information content (AvgIpc) is 3.46. The first-order valence-corrected chi connectivity index (χ1v) is 16.0. The first kappa shape index (κ1) is 32.0. The summed E-state index contributed by atoms with van der Waals surface area (Å²) in [4.78, 5) is 46.1. The van der Waals surface area contributed by atoms with Crippen molar-refractivity contribution in [3.05, 3.63) is 60.3 Å². The number of likely N-dealkylation sites (tertiary alicyclic amines) is 1. The monoisotopic (exact) mass is 606 g/mol. The Morgan fingerprint density at radius 1 is 0.953 bits per heavy atom. The minimum Gasteiger partial charge on any atom is -0.445 e. The second kappa shape index (κ2) is 16.6. The summed E-state index contributed by atoms with van der Waals surface area (Å²) in [7, 11) is 0. The molecule has 1 aromatic heterocycles. The number of rotatable bonds is 14. The van der Waals surface area contributed by atoms with Crippen LogP contribution in [0.5, 0.6) is 10.8 Å². The number of ether oxygens (including phenoxy) is 1. The minimum atomic E-state index is -0.296. The Kier molecular flexibility index (Phi) is 12.4. The first-order valence-electron chi connectivity index (χ1n) is 15.2. The van der Waals surface area contributed by atoms with E-state index in [-0.39, 0.29) is 17.8 Å². The fraction of sp³-hybridized carbons (Fsp3) is 0.438. The number of hydrogen-bond donors (Lipinski definition) is 3. The molecule has 230 valence electrons. The molecule has 1 aliphatic heterocycles. The van der Waals surface area contributed by atoms with Crippen LogP contribution in [0.3, 0.4) is 0 Å². The minimum absolute atomic E-state index is 0.0924. The molecule has 3 aromatic rings. The van der Waals surface area contributed by atoms with Crippen molar-refractivity contribution in [2.75, 3.05) is 48.3 Å². The van der Waals surface area contributed by atoms with Gasteiger partial charge in [-0.2, -0.15) is 0 Å². The molecule has 2 aromatic carbocycles. The number of carbonyl (C=O) groups excluding carboxylic acids is 3. The van der Waals surface area contributed by atoms with Crippen LogP contribution in [0, 0.1) is 0 Å². The van der Waals surface area contributed by atoms with E-state index >= 15 is 0 Å². The van der Waals surface area contributed by atoms with Crippen molar-refractivity contribution in [1.29, 1.82) is 0 Å². The highest BCUT2D eigenvalue weighted by molar-refractivity contribution is 7.17. The van der Waals surface area contributed by atoms with E-state index in [4.69, 9.17) is 4.74 Å². The fourth-order valence-corrected chi connectivity index (χ4v) is 5.56. The van der Waals surface area contributed by atoms with E-state index in [0.717, 1.165) is 44.6 Å². The Labute approximate surface area is 257 Å². The van der Waals surface area contributed by atoms with E-state index < -0.39 is 0 Å². The van der Waals surface area contributed by atoms with Crippen LogP contribution in [0.2, 0.25) is 0 Å². The Hall–Kier alpha value is -3.96. The van der Waals surface area contributed by atoms with Crippen LogP contribution in [0.4, 0.5) is 21.3 Å². The molecule has 3 N–H and O–H groups in total. The molecular formula is C32H42N6O4S. The smallest absolute Gasteiger partial charge is 0.319 e. The van der Waals surface area contributed by atoms with Crippen molar-refractivity contribution in [2.24, 2.45) is 0 Å². The normalized spacial score (nSPS) is 13.3. The summed E-state index contributed by atoms with van der Waals surface area (Å²) in [6, 6.07) is 13.8. The van der Waals surface area contributed by atoms with E-state index in [0.29, 0.717) is 46.7 Å². The van der Waals surface area contributed by atoms with Gasteiger partial charge >= 0.3 is 6.03 Å². The lowest BCUT2D eigenvalue weighted by Crippen LogP contribution is -2.36. The predicted molar refractivity (Wildman–Crippen MR) is 173 cm³/mol. The Morgan fingerprint density at radius 3 is 2.40 bits per heavy atom. The van der Waals surface area contributed by atoms with Crippen molar-refractivity contribution >= 4 is 45.7 Å². The van der Waals surface area contributed by atoms with Crippen molar-refractivity contribution in [2.45, 2.75) is 58.8 Å². The molecule has 4 amide bonds. The third-order valence-corrected chi connectivity index (χ3v) is 8.04. The third-order valence-electron chi connectivity index (χ3n) is 7.25. The summed E-state index contributed by atoms with van der Waals surface area (Å²) >= 11 is 1.21. The van der Waals surface area contributed by atoms with Gasteiger partial charge in [0, 0.05) is 43.0 Å². The molecule has 43 heavy (non-hydrogen) atoms. The molecule has 10 nitrogen and oxygen atoms in total. The van der Waals surface area contributed by atoms with E-state index in [2.05, 4.69) is 32.8 Å². The SMILES string of the molecule is CCCCCNC(=O)Nc1ccc(Oc2cnc(NC(=O)c3ccc(N(CC)C(=O)CCN4CCCCC4)cc3)s2)cc1. The number of unbranched alkanes of at least 4 members (excludes halogenated alkanes) is 2. The maximum Gasteiger partial charge on any atom is 0.319 e. The topological polar surface area (TPSA) is 116 Å². The molecule has 0 atom stereocenters. The highest BCUT2D eigenvalue weighted by atomic mass is 32.1. The summed E-state index contributed by atoms with van der Waals surface area (Å²) in [6.45, 7) is 8.23. The molecule has 1 fully saturated rings. The molecule has 0 aliphatic carbocycles. The highest BCUT2D eigenvalue weighted by Gasteiger charge is 2.18. The largest absolute Gasteiger partial charge is 0.445 e. The molecule has 11 heteroatoms. The molecule has 0 unspecified atom stereocenters. The third kappa shape index (κ3) is 10.1. The number of thiazole rings is 1. The lowest BCUT2D eigenvalue weighted by Gasteiger charge is -2.27. The quantitative estimate of drug-likeness (QED) is 0.175. The summed E-state index contributed by atoms with van der Waals surface area (Å²) in [5.41, 5.74) is 1.91. The van der Waals surface area contributed by atoms with Gasteiger partial charge in [0.25, 0.3) is 5.91 Å².